The summed E-state index contributed by atoms with van der Waals surface area (Å²) in [6.07, 6.45) is -20.3. The number of ether oxygens (including phenoxy) is 1. The van der Waals surface area contributed by atoms with Crippen LogP contribution in [0.1, 0.15) is 66.6 Å². The fourth-order valence-electron chi connectivity index (χ4n) is 1.82. The topological polar surface area (TPSA) is 32.7 Å². The number of likely N-dealkylation sites (N-methyl/N-ethyl adjacent to an activating group) is 1. The molecule has 0 radical (unpaired) electrons. The van der Waals surface area contributed by atoms with Gasteiger partial charge in [0.25, 0.3) is 0 Å². The van der Waals surface area contributed by atoms with Gasteiger partial charge >= 0.3 is 0 Å². The molecule has 1 saturated carbocycles. The molecule has 1 atom stereocenters. The third-order valence-corrected chi connectivity index (χ3v) is 2.80. The van der Waals surface area contributed by atoms with Crippen molar-refractivity contribution in [1.29, 1.82) is 0 Å². The fourth-order valence-corrected chi connectivity index (χ4v) is 1.82. The maximum atomic E-state index is 11.9. The Labute approximate surface area is 146 Å². The smallest absolute Gasteiger partial charge is 0.118 e. The summed E-state index contributed by atoms with van der Waals surface area (Å²) in [6.45, 7) is -8.72. The molecule has 0 aliphatic heterocycles. The van der Waals surface area contributed by atoms with Crippen molar-refractivity contribution >= 4 is 0 Å². The predicted octanol–water partition coefficient (Wildman–Crippen LogP) is 3.04. The lowest BCUT2D eigenvalue weighted by Crippen LogP contribution is -2.42. The molecule has 0 amide bonds. The van der Waals surface area contributed by atoms with E-state index in [2.05, 4.69) is 0 Å². The van der Waals surface area contributed by atoms with Crippen LogP contribution in [0.3, 0.4) is 0 Å². The van der Waals surface area contributed by atoms with Crippen molar-refractivity contribution in [3.05, 3.63) is 29.8 Å². The SMILES string of the molecule is [2H]C([2H])([2H])N(C[C@]([2H])(c1ccc(OC)cc1)C1(O)C([2H])([2H])C([2H])([2H])C([2H])([2H])C([2H])([2H])C1([2H])[2H])C([2H])([2H])[2H]. The van der Waals surface area contributed by atoms with E-state index in [4.69, 9.17) is 26.7 Å². The Morgan fingerprint density at radius 3 is 2.55 bits per heavy atom. The van der Waals surface area contributed by atoms with E-state index in [1.165, 1.54) is 7.11 Å². The van der Waals surface area contributed by atoms with Gasteiger partial charge in [-0.2, -0.15) is 0 Å². The van der Waals surface area contributed by atoms with Crippen molar-refractivity contribution in [1.82, 2.24) is 4.90 Å². The molecule has 20 heavy (non-hydrogen) atoms. The van der Waals surface area contributed by atoms with Crippen LogP contribution < -0.4 is 4.74 Å². The summed E-state index contributed by atoms with van der Waals surface area (Å²) in [6, 6.07) is 4.21. The van der Waals surface area contributed by atoms with Gasteiger partial charge < -0.3 is 14.7 Å². The minimum absolute atomic E-state index is 0.137. The predicted molar refractivity (Wildman–Crippen MR) is 82.3 cm³/mol. The van der Waals surface area contributed by atoms with E-state index in [1.807, 2.05) is 0 Å². The molecule has 1 aromatic carbocycles. The second kappa shape index (κ2) is 6.59. The largest absolute Gasteiger partial charge is 0.497 e. The average molecular weight is 295 g/mol. The van der Waals surface area contributed by atoms with Gasteiger partial charge in [-0.3, -0.25) is 0 Å². The number of nitrogens with zero attached hydrogens (tertiary/aromatic N) is 1. The van der Waals surface area contributed by atoms with Crippen LogP contribution >= 0.6 is 0 Å². The molecule has 2 rings (SSSR count). The van der Waals surface area contributed by atoms with Crippen LogP contribution in [0.25, 0.3) is 0 Å². The molecule has 112 valence electrons. The molecule has 1 fully saturated rings. The maximum absolute atomic E-state index is 11.9. The van der Waals surface area contributed by atoms with Crippen LogP contribution in [0.4, 0.5) is 0 Å². The first-order chi connectivity index (χ1) is 16.1. The highest BCUT2D eigenvalue weighted by Crippen LogP contribution is 2.40. The van der Waals surface area contributed by atoms with Crippen LogP contribution in [-0.4, -0.2) is 43.2 Å². The molecule has 0 unspecified atom stereocenters. The number of hydrogen-bond acceptors (Lipinski definition) is 3. The summed E-state index contributed by atoms with van der Waals surface area (Å²) in [4.78, 5) is -0.268. The van der Waals surface area contributed by atoms with Crippen molar-refractivity contribution < 1.29 is 33.1 Å². The van der Waals surface area contributed by atoms with E-state index >= 15 is 0 Å². The second-order valence-corrected chi connectivity index (χ2v) is 4.13. The molecule has 1 N–H and O–H groups in total. The Morgan fingerprint density at radius 2 is 2.00 bits per heavy atom. The van der Waals surface area contributed by atoms with E-state index in [9.17, 15) is 6.48 Å². The van der Waals surface area contributed by atoms with Crippen LogP contribution in [0.15, 0.2) is 24.3 Å². The lowest BCUT2D eigenvalue weighted by atomic mass is 9.72. The Bertz CT molecular complexity index is 957. The number of hydrogen-bond donors (Lipinski definition) is 1. The molecule has 3 nitrogen and oxygen atoms in total. The van der Waals surface area contributed by atoms with E-state index in [-0.39, 0.29) is 10.6 Å². The van der Waals surface area contributed by atoms with Gasteiger partial charge in [-0.25, -0.2) is 0 Å². The van der Waals surface area contributed by atoms with Gasteiger partial charge in [-0.1, -0.05) is 31.3 Å². The highest BCUT2D eigenvalue weighted by Gasteiger charge is 2.38. The summed E-state index contributed by atoms with van der Waals surface area (Å²) < 4.78 is 143. The molecule has 1 aromatic rings. The Kier molecular flexibility index (Phi) is 1.47. The molecular weight excluding hydrogens is 250 g/mol. The van der Waals surface area contributed by atoms with Crippen LogP contribution in [0, 0.1) is 0 Å². The number of benzene rings is 1. The Balaban J connectivity index is 3.10. The third-order valence-electron chi connectivity index (χ3n) is 2.80. The van der Waals surface area contributed by atoms with E-state index in [0.29, 0.717) is 0 Å². The first-order valence-electron chi connectivity index (χ1n) is 14.3. The molecule has 0 aromatic heterocycles. The van der Waals surface area contributed by atoms with Crippen molar-refractivity contribution in [3.8, 4) is 5.75 Å². The Hall–Kier alpha value is -1.06. The lowest BCUT2D eigenvalue weighted by Gasteiger charge is -2.40. The molecule has 0 bridgehead atoms. The summed E-state index contributed by atoms with van der Waals surface area (Å²) >= 11 is 0. The van der Waals surface area contributed by atoms with Crippen molar-refractivity contribution in [3.63, 3.8) is 0 Å². The minimum atomic E-state index is -4.23. The van der Waals surface area contributed by atoms with Gasteiger partial charge in [0.2, 0.25) is 0 Å². The molecule has 0 spiro atoms. The van der Waals surface area contributed by atoms with Crippen LogP contribution in [-0.2, 0) is 0 Å². The zero-order valence-electron chi connectivity index (χ0n) is 27.8. The number of methoxy groups -OCH3 is 1. The second-order valence-electron chi connectivity index (χ2n) is 4.13. The van der Waals surface area contributed by atoms with E-state index in [0.717, 1.165) is 24.3 Å². The van der Waals surface area contributed by atoms with Gasteiger partial charge in [0.15, 0.2) is 0 Å². The van der Waals surface area contributed by atoms with Crippen LogP contribution in [0.2, 0.25) is 0 Å². The normalized spacial score (nSPS) is 47.9. The first kappa shape index (κ1) is 4.47. The van der Waals surface area contributed by atoms with Crippen molar-refractivity contribution in [2.75, 3.05) is 27.6 Å². The summed E-state index contributed by atoms with van der Waals surface area (Å²) in [7, 11) is 1.25. The molecular formula is C17H27NO2. The molecule has 0 saturated heterocycles. The van der Waals surface area contributed by atoms with Gasteiger partial charge in [0.05, 0.1) is 12.7 Å². The first-order valence-corrected chi connectivity index (χ1v) is 5.77. The van der Waals surface area contributed by atoms with Crippen molar-refractivity contribution in [2.45, 2.75) is 43.4 Å². The minimum Gasteiger partial charge on any atom is -0.497 e. The summed E-state index contributed by atoms with van der Waals surface area (Å²) in [5, 5.41) is 11.9. The maximum Gasteiger partial charge on any atom is 0.118 e. The van der Waals surface area contributed by atoms with Gasteiger partial charge in [-0.15, -0.1) is 0 Å². The zero-order valence-corrected chi connectivity index (χ0v) is 10.8. The zero-order chi connectivity index (χ0) is 29.5. The number of rotatable bonds is 5. The lowest BCUT2D eigenvalue weighted by molar-refractivity contribution is -0.0277. The molecule has 0 heterocycles. The fraction of sp³-hybridized carbons (Fsp3) is 0.647. The van der Waals surface area contributed by atoms with Gasteiger partial charge in [0, 0.05) is 35.7 Å². The standard InChI is InChI=1S/C17H27NO2/c1-18(2)13-16(17(19)11-5-4-6-12-17)14-7-9-15(20-3)10-8-14/h7-10,16,19H,4-6,11-13H2,1-3H3/t16-/m1/s1/i1D3,2D3,4D2,5D2,6D2,11D2,12D2,16D. The molecule has 1 aliphatic rings. The van der Waals surface area contributed by atoms with Gasteiger partial charge in [0.1, 0.15) is 5.75 Å². The molecule has 1 aliphatic carbocycles. The summed E-state index contributed by atoms with van der Waals surface area (Å²) in [5.41, 5.74) is -4.84. The highest BCUT2D eigenvalue weighted by atomic mass is 16.5. The molecule has 3 heteroatoms. The van der Waals surface area contributed by atoms with Crippen LogP contribution in [0.5, 0.6) is 5.75 Å². The van der Waals surface area contributed by atoms with E-state index in [1.54, 1.807) is 0 Å². The quantitative estimate of drug-likeness (QED) is 0.906. The van der Waals surface area contributed by atoms with Crippen molar-refractivity contribution in [2.24, 2.45) is 0 Å². The third kappa shape index (κ3) is 3.53. The highest BCUT2D eigenvalue weighted by molar-refractivity contribution is 5.31. The monoisotopic (exact) mass is 294 g/mol. The van der Waals surface area contributed by atoms with Gasteiger partial charge in [-0.05, 0) is 44.4 Å². The Morgan fingerprint density at radius 1 is 1.35 bits per heavy atom. The van der Waals surface area contributed by atoms with E-state index < -0.39 is 69.4 Å². The number of aliphatic hydroxyl groups is 1. The average Bonchev–Trinajstić information content (AvgIpc) is 2.73. The summed E-state index contributed by atoms with van der Waals surface area (Å²) in [5.74, 6) is -3.33.